The van der Waals surface area contributed by atoms with Crippen LogP contribution >= 0.6 is 0 Å². The maximum absolute atomic E-state index is 13.0. The van der Waals surface area contributed by atoms with Crippen molar-refractivity contribution < 1.29 is 14.2 Å². The Hall–Kier alpha value is -2.47. The first-order chi connectivity index (χ1) is 10.7. The van der Waals surface area contributed by atoms with E-state index in [1.165, 1.54) is 19.2 Å². The highest BCUT2D eigenvalue weighted by Crippen LogP contribution is 2.25. The Kier molecular flexibility index (Phi) is 5.06. The molecule has 0 saturated heterocycles. The van der Waals surface area contributed by atoms with E-state index in [-0.39, 0.29) is 12.4 Å². The number of halogens is 1. The fourth-order valence-electron chi connectivity index (χ4n) is 2.05. The van der Waals surface area contributed by atoms with E-state index < -0.39 is 0 Å². The molecule has 0 amide bonds. The van der Waals surface area contributed by atoms with Crippen molar-refractivity contribution in [2.45, 2.75) is 20.5 Å². The van der Waals surface area contributed by atoms with Crippen molar-refractivity contribution in [1.29, 1.82) is 0 Å². The van der Waals surface area contributed by atoms with Crippen LogP contribution in [0.5, 0.6) is 5.88 Å². The molecule has 1 aromatic carbocycles. The SMILES string of the molecule is CC.COc1nc(CO)cn2c(-c3ccc(F)cc3)ncc12. The molecule has 5 nitrogen and oxygen atoms in total. The molecule has 6 heteroatoms. The summed E-state index contributed by atoms with van der Waals surface area (Å²) in [6, 6.07) is 6.05. The van der Waals surface area contributed by atoms with Crippen LogP contribution in [0, 0.1) is 5.82 Å². The smallest absolute Gasteiger partial charge is 0.240 e. The minimum atomic E-state index is -0.301. The van der Waals surface area contributed by atoms with Crippen molar-refractivity contribution >= 4 is 5.52 Å². The van der Waals surface area contributed by atoms with Gasteiger partial charge in [-0.15, -0.1) is 0 Å². The molecule has 0 aliphatic rings. The van der Waals surface area contributed by atoms with Crippen LogP contribution < -0.4 is 4.74 Å². The van der Waals surface area contributed by atoms with Gasteiger partial charge in [-0.05, 0) is 24.3 Å². The largest absolute Gasteiger partial charge is 0.479 e. The van der Waals surface area contributed by atoms with Gasteiger partial charge in [0.05, 0.1) is 25.6 Å². The second-order valence-electron chi connectivity index (χ2n) is 4.24. The first-order valence-corrected chi connectivity index (χ1v) is 7.00. The molecule has 0 radical (unpaired) electrons. The van der Waals surface area contributed by atoms with Crippen molar-refractivity contribution in [3.63, 3.8) is 0 Å². The van der Waals surface area contributed by atoms with Gasteiger partial charge in [-0.1, -0.05) is 13.8 Å². The number of ether oxygens (including phenoxy) is 1. The molecule has 116 valence electrons. The zero-order chi connectivity index (χ0) is 16.1. The quantitative estimate of drug-likeness (QED) is 0.808. The van der Waals surface area contributed by atoms with E-state index in [1.807, 2.05) is 13.8 Å². The molecule has 0 aliphatic heterocycles. The second-order valence-corrected chi connectivity index (χ2v) is 4.24. The van der Waals surface area contributed by atoms with Crippen LogP contribution in [0.15, 0.2) is 36.7 Å². The van der Waals surface area contributed by atoms with Crippen LogP contribution in [0.25, 0.3) is 16.9 Å². The van der Waals surface area contributed by atoms with Crippen LogP contribution in [-0.4, -0.2) is 26.6 Å². The summed E-state index contributed by atoms with van der Waals surface area (Å²) in [6.45, 7) is 3.80. The first-order valence-electron chi connectivity index (χ1n) is 7.00. The summed E-state index contributed by atoms with van der Waals surface area (Å²) in [6.07, 6.45) is 3.31. The number of aliphatic hydroxyl groups is 1. The number of aromatic nitrogens is 3. The van der Waals surface area contributed by atoms with Crippen LogP contribution in [0.1, 0.15) is 19.5 Å². The van der Waals surface area contributed by atoms with Gasteiger partial charge in [-0.2, -0.15) is 0 Å². The fraction of sp³-hybridized carbons (Fsp3) is 0.250. The standard InChI is InChI=1S/C14H12FN3O2.C2H6/c1-20-14-12-6-16-13(9-2-4-10(15)5-3-9)18(12)7-11(8-19)17-14;1-2/h2-7,19H,8H2,1H3;1-2H3. The maximum atomic E-state index is 13.0. The Labute approximate surface area is 128 Å². The highest BCUT2D eigenvalue weighted by atomic mass is 19.1. The Morgan fingerprint density at radius 2 is 1.91 bits per heavy atom. The number of rotatable bonds is 3. The molecule has 3 aromatic rings. The van der Waals surface area contributed by atoms with Crippen LogP contribution in [0.2, 0.25) is 0 Å². The van der Waals surface area contributed by atoms with E-state index >= 15 is 0 Å². The van der Waals surface area contributed by atoms with Gasteiger partial charge in [0.25, 0.3) is 0 Å². The minimum Gasteiger partial charge on any atom is -0.479 e. The van der Waals surface area contributed by atoms with Crippen molar-refractivity contribution in [3.8, 4) is 17.3 Å². The van der Waals surface area contributed by atoms with Crippen LogP contribution in [0.3, 0.4) is 0 Å². The summed E-state index contributed by atoms with van der Waals surface area (Å²) in [7, 11) is 1.51. The molecule has 0 atom stereocenters. The molecule has 1 N–H and O–H groups in total. The number of aliphatic hydroxyl groups excluding tert-OH is 1. The zero-order valence-corrected chi connectivity index (χ0v) is 12.7. The average molecular weight is 303 g/mol. The third-order valence-corrected chi connectivity index (χ3v) is 3.00. The number of benzene rings is 1. The third kappa shape index (κ3) is 2.92. The number of hydrogen-bond acceptors (Lipinski definition) is 4. The van der Waals surface area contributed by atoms with Gasteiger partial charge >= 0.3 is 0 Å². The van der Waals surface area contributed by atoms with E-state index in [0.717, 1.165) is 5.56 Å². The lowest BCUT2D eigenvalue weighted by atomic mass is 10.2. The van der Waals surface area contributed by atoms with Crippen molar-refractivity contribution in [1.82, 2.24) is 14.4 Å². The molecule has 22 heavy (non-hydrogen) atoms. The fourth-order valence-corrected chi connectivity index (χ4v) is 2.05. The molecular formula is C16H18FN3O2. The minimum absolute atomic E-state index is 0.201. The van der Waals surface area contributed by atoms with Crippen molar-refractivity contribution in [2.24, 2.45) is 0 Å². The summed E-state index contributed by atoms with van der Waals surface area (Å²) < 4.78 is 20.0. The number of imidazole rings is 1. The molecule has 0 fully saturated rings. The summed E-state index contributed by atoms with van der Waals surface area (Å²) in [4.78, 5) is 8.48. The maximum Gasteiger partial charge on any atom is 0.240 e. The molecule has 0 bridgehead atoms. The molecular weight excluding hydrogens is 285 g/mol. The summed E-state index contributed by atoms with van der Waals surface area (Å²) in [5, 5.41) is 9.25. The molecule has 2 heterocycles. The first kappa shape index (κ1) is 15.9. The third-order valence-electron chi connectivity index (χ3n) is 3.00. The Balaban J connectivity index is 0.000000847. The number of methoxy groups -OCH3 is 1. The number of hydrogen-bond donors (Lipinski definition) is 1. The molecule has 0 aliphatic carbocycles. The van der Waals surface area contributed by atoms with Gasteiger partial charge in [0, 0.05) is 11.8 Å². The monoisotopic (exact) mass is 303 g/mol. The lowest BCUT2D eigenvalue weighted by Gasteiger charge is -2.07. The molecule has 0 saturated carbocycles. The summed E-state index contributed by atoms with van der Waals surface area (Å²) >= 11 is 0. The van der Waals surface area contributed by atoms with E-state index in [0.29, 0.717) is 22.9 Å². The van der Waals surface area contributed by atoms with Crippen molar-refractivity contribution in [3.05, 3.63) is 48.2 Å². The van der Waals surface area contributed by atoms with E-state index in [1.54, 1.807) is 28.9 Å². The number of fused-ring (bicyclic) bond motifs is 1. The number of nitrogens with zero attached hydrogens (tertiary/aromatic N) is 3. The normalized spacial score (nSPS) is 10.2. The predicted octanol–water partition coefficient (Wildman–Crippen LogP) is 3.06. The summed E-state index contributed by atoms with van der Waals surface area (Å²) in [5.41, 5.74) is 1.92. The highest BCUT2D eigenvalue weighted by molar-refractivity contribution is 5.65. The van der Waals surface area contributed by atoms with Crippen LogP contribution in [0.4, 0.5) is 4.39 Å². The Morgan fingerprint density at radius 1 is 1.23 bits per heavy atom. The summed E-state index contributed by atoms with van der Waals surface area (Å²) in [5.74, 6) is 0.720. The molecule has 0 unspecified atom stereocenters. The van der Waals surface area contributed by atoms with Gasteiger partial charge in [-0.25, -0.2) is 14.4 Å². The molecule has 0 spiro atoms. The zero-order valence-electron chi connectivity index (χ0n) is 12.7. The Bertz CT molecular complexity index is 754. The van der Waals surface area contributed by atoms with Crippen LogP contribution in [-0.2, 0) is 6.61 Å². The van der Waals surface area contributed by atoms with Gasteiger partial charge in [0.2, 0.25) is 5.88 Å². The van der Waals surface area contributed by atoms with Gasteiger partial charge in [-0.3, -0.25) is 4.40 Å². The van der Waals surface area contributed by atoms with Crippen molar-refractivity contribution in [2.75, 3.05) is 7.11 Å². The highest BCUT2D eigenvalue weighted by Gasteiger charge is 2.12. The van der Waals surface area contributed by atoms with Gasteiger partial charge < -0.3 is 9.84 Å². The average Bonchev–Trinajstić information content (AvgIpc) is 3.00. The Morgan fingerprint density at radius 3 is 2.50 bits per heavy atom. The van der Waals surface area contributed by atoms with Gasteiger partial charge in [0.1, 0.15) is 17.2 Å². The van der Waals surface area contributed by atoms with E-state index in [9.17, 15) is 9.50 Å². The molecule has 3 rings (SSSR count). The molecule has 2 aromatic heterocycles. The lowest BCUT2D eigenvalue weighted by molar-refractivity contribution is 0.273. The predicted molar refractivity (Wildman–Crippen MR) is 82.2 cm³/mol. The van der Waals surface area contributed by atoms with E-state index in [2.05, 4.69) is 9.97 Å². The van der Waals surface area contributed by atoms with Gasteiger partial charge in [0.15, 0.2) is 0 Å². The topological polar surface area (TPSA) is 59.7 Å². The second kappa shape index (κ2) is 7.00. The van der Waals surface area contributed by atoms with E-state index in [4.69, 9.17) is 4.74 Å². The lowest BCUT2D eigenvalue weighted by Crippen LogP contribution is -2.00.